The number of rotatable bonds is 4. The van der Waals surface area contributed by atoms with Crippen LogP contribution in [0.1, 0.15) is 23.2 Å². The number of amides is 1. The van der Waals surface area contributed by atoms with Gasteiger partial charge in [0.15, 0.2) is 0 Å². The molecule has 1 saturated heterocycles. The molecule has 0 atom stereocenters. The fourth-order valence-corrected chi connectivity index (χ4v) is 2.30. The molecule has 1 aliphatic heterocycles. The molecule has 108 valence electrons. The summed E-state index contributed by atoms with van der Waals surface area (Å²) in [5, 5.41) is 12.0. The number of nitrogens with zero attached hydrogens (tertiary/aromatic N) is 3. The van der Waals surface area contributed by atoms with E-state index < -0.39 is 10.8 Å². The molecule has 7 heteroatoms. The van der Waals surface area contributed by atoms with Gasteiger partial charge in [0.25, 0.3) is 11.6 Å². The van der Waals surface area contributed by atoms with Gasteiger partial charge in [0.1, 0.15) is 0 Å². The molecule has 0 unspecified atom stereocenters. The third-order valence-electron chi connectivity index (χ3n) is 3.43. The standard InChI is InChI=1S/C13H17N3O4/c1-14(20-2)13(17)11-9-10(16(18)19)5-6-12(11)15-7-3-4-8-15/h5-6,9H,3-4,7-8H2,1-2H3. The van der Waals surface area contributed by atoms with Crippen LogP contribution in [0.2, 0.25) is 0 Å². The lowest BCUT2D eigenvalue weighted by atomic mass is 10.1. The fourth-order valence-electron chi connectivity index (χ4n) is 2.30. The molecule has 0 bridgehead atoms. The largest absolute Gasteiger partial charge is 0.371 e. The van der Waals surface area contributed by atoms with Crippen LogP contribution < -0.4 is 4.90 Å². The third-order valence-corrected chi connectivity index (χ3v) is 3.43. The van der Waals surface area contributed by atoms with Crippen LogP contribution in [-0.4, -0.2) is 43.1 Å². The number of anilines is 1. The Morgan fingerprint density at radius 3 is 2.60 bits per heavy atom. The lowest BCUT2D eigenvalue weighted by Gasteiger charge is -2.22. The molecule has 1 fully saturated rings. The number of nitro groups is 1. The van der Waals surface area contributed by atoms with Crippen molar-refractivity contribution in [2.24, 2.45) is 0 Å². The van der Waals surface area contributed by atoms with Crippen LogP contribution >= 0.6 is 0 Å². The van der Waals surface area contributed by atoms with Crippen LogP contribution in [0.25, 0.3) is 0 Å². The van der Waals surface area contributed by atoms with E-state index >= 15 is 0 Å². The summed E-state index contributed by atoms with van der Waals surface area (Å²) >= 11 is 0. The van der Waals surface area contributed by atoms with E-state index in [1.807, 2.05) is 0 Å². The summed E-state index contributed by atoms with van der Waals surface area (Å²) in [5.41, 5.74) is 0.924. The van der Waals surface area contributed by atoms with E-state index in [0.29, 0.717) is 5.56 Å². The number of benzene rings is 1. The quantitative estimate of drug-likeness (QED) is 0.620. The Morgan fingerprint density at radius 1 is 1.40 bits per heavy atom. The molecule has 2 rings (SSSR count). The van der Waals surface area contributed by atoms with Crippen LogP contribution in [0.4, 0.5) is 11.4 Å². The second kappa shape index (κ2) is 5.87. The molecule has 1 heterocycles. The summed E-state index contributed by atoms with van der Waals surface area (Å²) in [6.07, 6.45) is 2.12. The Hall–Kier alpha value is -2.15. The normalized spacial score (nSPS) is 14.4. The first kappa shape index (κ1) is 14.3. The molecule has 1 aliphatic rings. The summed E-state index contributed by atoms with van der Waals surface area (Å²) in [5.74, 6) is -0.391. The first-order chi connectivity index (χ1) is 9.54. The Balaban J connectivity index is 2.44. The van der Waals surface area contributed by atoms with E-state index in [4.69, 9.17) is 4.84 Å². The van der Waals surface area contributed by atoms with Gasteiger partial charge in [-0.15, -0.1) is 0 Å². The van der Waals surface area contributed by atoms with Crippen molar-refractivity contribution in [1.29, 1.82) is 0 Å². The second-order valence-corrected chi connectivity index (χ2v) is 4.64. The van der Waals surface area contributed by atoms with Gasteiger partial charge < -0.3 is 4.90 Å². The SMILES string of the molecule is CON(C)C(=O)c1cc([N+](=O)[O-])ccc1N1CCCC1. The summed E-state index contributed by atoms with van der Waals surface area (Å²) in [6.45, 7) is 1.71. The Kier molecular flexibility index (Phi) is 4.19. The minimum Gasteiger partial charge on any atom is -0.371 e. The zero-order chi connectivity index (χ0) is 14.7. The molecule has 0 spiro atoms. The second-order valence-electron chi connectivity index (χ2n) is 4.64. The van der Waals surface area contributed by atoms with E-state index in [1.54, 1.807) is 6.07 Å². The minimum absolute atomic E-state index is 0.0965. The van der Waals surface area contributed by atoms with Gasteiger partial charge in [0.2, 0.25) is 0 Å². The van der Waals surface area contributed by atoms with Crippen molar-refractivity contribution in [2.75, 3.05) is 32.1 Å². The predicted molar refractivity (Wildman–Crippen MR) is 73.6 cm³/mol. The maximum atomic E-state index is 12.3. The fraction of sp³-hybridized carbons (Fsp3) is 0.462. The van der Waals surface area contributed by atoms with E-state index in [1.165, 1.54) is 26.3 Å². The summed E-state index contributed by atoms with van der Waals surface area (Å²) in [6, 6.07) is 4.38. The molecule has 20 heavy (non-hydrogen) atoms. The zero-order valence-electron chi connectivity index (χ0n) is 11.5. The number of nitro benzene ring substituents is 1. The van der Waals surface area contributed by atoms with Gasteiger partial charge in [-0.2, -0.15) is 0 Å². The first-order valence-electron chi connectivity index (χ1n) is 6.40. The molecule has 1 aromatic carbocycles. The number of hydroxylamine groups is 2. The van der Waals surface area contributed by atoms with Crippen molar-refractivity contribution in [2.45, 2.75) is 12.8 Å². The van der Waals surface area contributed by atoms with Crippen LogP contribution in [0, 0.1) is 10.1 Å². The van der Waals surface area contributed by atoms with Crippen molar-refractivity contribution in [3.8, 4) is 0 Å². The van der Waals surface area contributed by atoms with Crippen molar-refractivity contribution in [1.82, 2.24) is 5.06 Å². The van der Waals surface area contributed by atoms with E-state index in [2.05, 4.69) is 4.90 Å². The van der Waals surface area contributed by atoms with Crippen molar-refractivity contribution < 1.29 is 14.6 Å². The summed E-state index contributed by atoms with van der Waals surface area (Å²) in [4.78, 5) is 29.6. The lowest BCUT2D eigenvalue weighted by molar-refractivity contribution is -0.384. The average Bonchev–Trinajstić information content (AvgIpc) is 2.98. The molecule has 0 aromatic heterocycles. The van der Waals surface area contributed by atoms with Gasteiger partial charge in [-0.3, -0.25) is 19.7 Å². The van der Waals surface area contributed by atoms with Crippen molar-refractivity contribution in [3.63, 3.8) is 0 Å². The summed E-state index contributed by atoms with van der Waals surface area (Å²) in [7, 11) is 2.86. The number of hydrogen-bond donors (Lipinski definition) is 0. The Morgan fingerprint density at radius 2 is 2.05 bits per heavy atom. The average molecular weight is 279 g/mol. The van der Waals surface area contributed by atoms with Crippen LogP contribution in [0.15, 0.2) is 18.2 Å². The monoisotopic (exact) mass is 279 g/mol. The molecular weight excluding hydrogens is 262 g/mol. The zero-order valence-corrected chi connectivity index (χ0v) is 11.5. The molecule has 1 aromatic rings. The highest BCUT2D eigenvalue weighted by atomic mass is 16.7. The van der Waals surface area contributed by atoms with Gasteiger partial charge in [0, 0.05) is 32.3 Å². The van der Waals surface area contributed by atoms with E-state index in [-0.39, 0.29) is 5.69 Å². The van der Waals surface area contributed by atoms with E-state index in [0.717, 1.165) is 36.7 Å². The van der Waals surface area contributed by atoms with Gasteiger partial charge in [-0.1, -0.05) is 0 Å². The van der Waals surface area contributed by atoms with E-state index in [9.17, 15) is 14.9 Å². The molecule has 7 nitrogen and oxygen atoms in total. The molecule has 0 radical (unpaired) electrons. The van der Waals surface area contributed by atoms with Crippen LogP contribution in [0.3, 0.4) is 0 Å². The lowest BCUT2D eigenvalue weighted by Crippen LogP contribution is -2.28. The maximum Gasteiger partial charge on any atom is 0.279 e. The molecule has 0 saturated carbocycles. The highest BCUT2D eigenvalue weighted by Crippen LogP contribution is 2.29. The molecular formula is C13H17N3O4. The number of hydrogen-bond acceptors (Lipinski definition) is 5. The number of non-ortho nitro benzene ring substituents is 1. The Labute approximate surface area is 116 Å². The topological polar surface area (TPSA) is 75.9 Å². The molecule has 0 N–H and O–H groups in total. The third kappa shape index (κ3) is 2.72. The van der Waals surface area contributed by atoms with Gasteiger partial charge >= 0.3 is 0 Å². The van der Waals surface area contributed by atoms with Crippen LogP contribution in [-0.2, 0) is 4.84 Å². The van der Waals surface area contributed by atoms with Gasteiger partial charge in [0.05, 0.1) is 23.3 Å². The predicted octanol–water partition coefficient (Wildman–Crippen LogP) is 1.83. The highest BCUT2D eigenvalue weighted by molar-refractivity contribution is 5.99. The number of carbonyl (C=O) groups excluding carboxylic acids is 1. The smallest absolute Gasteiger partial charge is 0.279 e. The summed E-state index contributed by atoms with van der Waals surface area (Å²) < 4.78 is 0. The van der Waals surface area contributed by atoms with Crippen molar-refractivity contribution >= 4 is 17.3 Å². The number of carbonyl (C=O) groups is 1. The Bertz CT molecular complexity index is 526. The maximum absolute atomic E-state index is 12.3. The molecule has 1 amide bonds. The van der Waals surface area contributed by atoms with Crippen molar-refractivity contribution in [3.05, 3.63) is 33.9 Å². The minimum atomic E-state index is -0.503. The van der Waals surface area contributed by atoms with Gasteiger partial charge in [-0.25, -0.2) is 5.06 Å². The molecule has 0 aliphatic carbocycles. The van der Waals surface area contributed by atoms with Crippen LogP contribution in [0.5, 0.6) is 0 Å². The first-order valence-corrected chi connectivity index (χ1v) is 6.40. The highest BCUT2D eigenvalue weighted by Gasteiger charge is 2.24. The van der Waals surface area contributed by atoms with Gasteiger partial charge in [-0.05, 0) is 18.9 Å².